The summed E-state index contributed by atoms with van der Waals surface area (Å²) in [6.45, 7) is 0. The van der Waals surface area contributed by atoms with E-state index in [0.29, 0.717) is 5.56 Å². The predicted octanol–water partition coefficient (Wildman–Crippen LogP) is 2.59. The summed E-state index contributed by atoms with van der Waals surface area (Å²) in [5, 5.41) is 9.89. The summed E-state index contributed by atoms with van der Waals surface area (Å²) in [6, 6.07) is 8.40. The summed E-state index contributed by atoms with van der Waals surface area (Å²) < 4.78 is 18.4. The van der Waals surface area contributed by atoms with Crippen molar-refractivity contribution in [1.82, 2.24) is 10.9 Å². The van der Waals surface area contributed by atoms with E-state index < -0.39 is 17.6 Å². The van der Waals surface area contributed by atoms with Crippen molar-refractivity contribution in [2.75, 3.05) is 7.11 Å². The monoisotopic (exact) mass is 366 g/mol. The zero-order valence-corrected chi connectivity index (χ0v) is 14.1. The number of phenolic OH excluding ortho intramolecular Hbond substituents is 1. The standard InChI is InChI=1S/C17H16ClFN2O4/c1-25-15-6-2-10(8-13(15)19)3-7-16(23)20-21-17(24)12-9-11(18)4-5-14(12)22/h2,4-6,8-9,22H,3,7H2,1H3,(H,20,23)(H,21,24). The summed E-state index contributed by atoms with van der Waals surface area (Å²) in [5.74, 6) is -1.81. The van der Waals surface area contributed by atoms with Crippen LogP contribution in [0, 0.1) is 5.82 Å². The second-order valence-corrected chi connectivity index (χ2v) is 5.57. The third-order valence-electron chi connectivity index (χ3n) is 3.38. The van der Waals surface area contributed by atoms with Crippen LogP contribution in [-0.2, 0) is 11.2 Å². The highest BCUT2D eigenvalue weighted by Crippen LogP contribution is 2.21. The summed E-state index contributed by atoms with van der Waals surface area (Å²) in [5.41, 5.74) is 4.96. The lowest BCUT2D eigenvalue weighted by atomic mass is 10.1. The molecule has 0 saturated carbocycles. The summed E-state index contributed by atoms with van der Waals surface area (Å²) in [6.07, 6.45) is 0.318. The molecule has 2 aromatic rings. The summed E-state index contributed by atoms with van der Waals surface area (Å²) in [4.78, 5) is 23.7. The maximum absolute atomic E-state index is 13.6. The van der Waals surface area contributed by atoms with Crippen molar-refractivity contribution in [2.24, 2.45) is 0 Å². The lowest BCUT2D eigenvalue weighted by Gasteiger charge is -2.09. The van der Waals surface area contributed by atoms with Crippen LogP contribution in [0.3, 0.4) is 0 Å². The van der Waals surface area contributed by atoms with E-state index in [-0.39, 0.29) is 34.9 Å². The van der Waals surface area contributed by atoms with E-state index in [9.17, 15) is 19.1 Å². The molecule has 0 bridgehead atoms. The van der Waals surface area contributed by atoms with Gasteiger partial charge in [-0.25, -0.2) is 4.39 Å². The Morgan fingerprint density at radius 2 is 1.96 bits per heavy atom. The number of nitrogens with one attached hydrogen (secondary N) is 2. The molecule has 0 heterocycles. The number of aromatic hydroxyl groups is 1. The molecule has 25 heavy (non-hydrogen) atoms. The second-order valence-electron chi connectivity index (χ2n) is 5.13. The Morgan fingerprint density at radius 3 is 2.64 bits per heavy atom. The Balaban J connectivity index is 1.85. The number of benzene rings is 2. The van der Waals surface area contributed by atoms with Gasteiger partial charge in [0, 0.05) is 11.4 Å². The smallest absolute Gasteiger partial charge is 0.273 e. The van der Waals surface area contributed by atoms with E-state index in [4.69, 9.17) is 16.3 Å². The van der Waals surface area contributed by atoms with E-state index in [0.717, 1.165) is 0 Å². The first-order valence-corrected chi connectivity index (χ1v) is 7.68. The molecule has 0 aliphatic rings. The molecular formula is C17H16ClFN2O4. The minimum atomic E-state index is -0.705. The summed E-state index contributed by atoms with van der Waals surface area (Å²) in [7, 11) is 1.37. The molecule has 0 aliphatic heterocycles. The third kappa shape index (κ3) is 5.09. The van der Waals surface area contributed by atoms with Crippen molar-refractivity contribution in [3.05, 3.63) is 58.4 Å². The third-order valence-corrected chi connectivity index (χ3v) is 3.61. The predicted molar refractivity (Wildman–Crippen MR) is 90.0 cm³/mol. The molecule has 0 fully saturated rings. The second kappa shape index (κ2) is 8.34. The molecule has 132 valence electrons. The highest BCUT2D eigenvalue weighted by Gasteiger charge is 2.13. The molecule has 0 unspecified atom stereocenters. The van der Waals surface area contributed by atoms with Crippen LogP contribution in [-0.4, -0.2) is 24.0 Å². The average Bonchev–Trinajstić information content (AvgIpc) is 2.60. The molecule has 2 amide bonds. The molecule has 0 atom stereocenters. The molecule has 6 nitrogen and oxygen atoms in total. The van der Waals surface area contributed by atoms with Gasteiger partial charge in [-0.2, -0.15) is 0 Å². The van der Waals surface area contributed by atoms with Gasteiger partial charge in [0.05, 0.1) is 12.7 Å². The first-order valence-electron chi connectivity index (χ1n) is 7.31. The van der Waals surface area contributed by atoms with Crippen LogP contribution >= 0.6 is 11.6 Å². The first-order chi connectivity index (χ1) is 11.9. The Hall–Kier alpha value is -2.80. The van der Waals surface area contributed by atoms with Crippen LogP contribution in [0.15, 0.2) is 36.4 Å². The van der Waals surface area contributed by atoms with Crippen LogP contribution < -0.4 is 15.6 Å². The van der Waals surface area contributed by atoms with Crippen LogP contribution in [0.4, 0.5) is 4.39 Å². The van der Waals surface area contributed by atoms with Gasteiger partial charge in [0.25, 0.3) is 5.91 Å². The summed E-state index contributed by atoms with van der Waals surface area (Å²) >= 11 is 5.76. The van der Waals surface area contributed by atoms with E-state index in [1.165, 1.54) is 37.4 Å². The number of halogens is 2. The Labute approximate surface area is 148 Å². The number of rotatable bonds is 5. The van der Waals surface area contributed by atoms with Crippen molar-refractivity contribution in [2.45, 2.75) is 12.8 Å². The van der Waals surface area contributed by atoms with Gasteiger partial charge in [0.15, 0.2) is 11.6 Å². The zero-order valence-electron chi connectivity index (χ0n) is 13.3. The lowest BCUT2D eigenvalue weighted by Crippen LogP contribution is -2.41. The van der Waals surface area contributed by atoms with Gasteiger partial charge in [-0.1, -0.05) is 17.7 Å². The van der Waals surface area contributed by atoms with Gasteiger partial charge in [-0.15, -0.1) is 0 Å². The number of hydrazine groups is 1. The molecule has 0 saturated heterocycles. The van der Waals surface area contributed by atoms with Crippen molar-refractivity contribution in [3.8, 4) is 11.5 Å². The largest absolute Gasteiger partial charge is 0.507 e. The maximum Gasteiger partial charge on any atom is 0.273 e. The number of amides is 2. The molecule has 0 aromatic heterocycles. The topological polar surface area (TPSA) is 87.7 Å². The van der Waals surface area contributed by atoms with Crippen LogP contribution in [0.25, 0.3) is 0 Å². The minimum Gasteiger partial charge on any atom is -0.507 e. The van der Waals surface area contributed by atoms with Crippen molar-refractivity contribution in [1.29, 1.82) is 0 Å². The highest BCUT2D eigenvalue weighted by atomic mass is 35.5. The lowest BCUT2D eigenvalue weighted by molar-refractivity contribution is -0.121. The number of hydrogen-bond donors (Lipinski definition) is 3. The van der Waals surface area contributed by atoms with Crippen LogP contribution in [0.2, 0.25) is 5.02 Å². The van der Waals surface area contributed by atoms with Gasteiger partial charge in [0.2, 0.25) is 5.91 Å². The number of phenols is 1. The molecule has 0 aliphatic carbocycles. The molecule has 0 radical (unpaired) electrons. The Kier molecular flexibility index (Phi) is 6.19. The van der Waals surface area contributed by atoms with Gasteiger partial charge >= 0.3 is 0 Å². The van der Waals surface area contributed by atoms with Crippen molar-refractivity contribution < 1.29 is 23.8 Å². The fourth-order valence-electron chi connectivity index (χ4n) is 2.07. The quantitative estimate of drug-likeness (QED) is 0.710. The van der Waals surface area contributed by atoms with Crippen molar-refractivity contribution >= 4 is 23.4 Å². The molecular weight excluding hydrogens is 351 g/mol. The van der Waals surface area contributed by atoms with Gasteiger partial charge < -0.3 is 9.84 Å². The number of carbonyl (C=O) groups is 2. The number of hydrogen-bond acceptors (Lipinski definition) is 4. The van der Waals surface area contributed by atoms with Crippen LogP contribution in [0.1, 0.15) is 22.3 Å². The number of aryl methyl sites for hydroxylation is 1. The molecule has 2 rings (SSSR count). The molecule has 0 spiro atoms. The van der Waals surface area contributed by atoms with E-state index in [2.05, 4.69) is 10.9 Å². The van der Waals surface area contributed by atoms with Crippen LogP contribution in [0.5, 0.6) is 11.5 Å². The fourth-order valence-corrected chi connectivity index (χ4v) is 2.24. The minimum absolute atomic E-state index is 0.0353. The fraction of sp³-hybridized carbons (Fsp3) is 0.176. The van der Waals surface area contributed by atoms with Crippen molar-refractivity contribution in [3.63, 3.8) is 0 Å². The Bertz CT molecular complexity index is 798. The first kappa shape index (κ1) is 18.5. The van der Waals surface area contributed by atoms with Gasteiger partial charge in [-0.3, -0.25) is 20.4 Å². The van der Waals surface area contributed by atoms with Gasteiger partial charge in [0.1, 0.15) is 5.75 Å². The highest BCUT2D eigenvalue weighted by molar-refractivity contribution is 6.31. The molecule has 3 N–H and O–H groups in total. The average molecular weight is 367 g/mol. The number of ether oxygens (including phenoxy) is 1. The molecule has 2 aromatic carbocycles. The SMILES string of the molecule is COc1ccc(CCC(=O)NNC(=O)c2cc(Cl)ccc2O)cc1F. The van der Waals surface area contributed by atoms with E-state index >= 15 is 0 Å². The van der Waals surface area contributed by atoms with Gasteiger partial charge in [-0.05, 0) is 42.3 Å². The normalized spacial score (nSPS) is 10.2. The Morgan fingerprint density at radius 1 is 1.20 bits per heavy atom. The van der Waals surface area contributed by atoms with E-state index in [1.54, 1.807) is 6.07 Å². The van der Waals surface area contributed by atoms with E-state index in [1.807, 2.05) is 0 Å². The number of carbonyl (C=O) groups excluding carboxylic acids is 2. The maximum atomic E-state index is 13.6. The zero-order chi connectivity index (χ0) is 18.4. The number of methoxy groups -OCH3 is 1. The molecule has 8 heteroatoms.